The number of aromatic nitrogens is 3. The Balaban J connectivity index is 2.00. The Morgan fingerprint density at radius 3 is 2.85 bits per heavy atom. The number of anilines is 1. The van der Waals surface area contributed by atoms with Gasteiger partial charge in [-0.1, -0.05) is 35.4 Å². The zero-order valence-corrected chi connectivity index (χ0v) is 12.5. The second kappa shape index (κ2) is 6.71. The molecule has 2 aromatic rings. The van der Waals surface area contributed by atoms with Gasteiger partial charge in [0, 0.05) is 6.07 Å². The minimum Gasteiger partial charge on any atom is -0.360 e. The highest BCUT2D eigenvalue weighted by Gasteiger charge is 2.20. The number of halogens is 1. The summed E-state index contributed by atoms with van der Waals surface area (Å²) in [5.41, 5.74) is 0. The van der Waals surface area contributed by atoms with Crippen molar-refractivity contribution < 1.29 is 9.32 Å². The number of nitrogens with zero attached hydrogens (tertiary/aromatic N) is 3. The molecule has 0 aromatic carbocycles. The van der Waals surface area contributed by atoms with Gasteiger partial charge in [0.05, 0.1) is 5.25 Å². The smallest absolute Gasteiger partial charge is 0.239 e. The largest absolute Gasteiger partial charge is 0.360 e. The highest BCUT2D eigenvalue weighted by molar-refractivity contribution is 8.00. The van der Waals surface area contributed by atoms with Gasteiger partial charge in [0.2, 0.25) is 5.91 Å². The zero-order valence-electron chi connectivity index (χ0n) is 11.0. The molecule has 0 spiro atoms. The Labute approximate surface area is 125 Å². The van der Waals surface area contributed by atoms with Gasteiger partial charge in [0.1, 0.15) is 10.8 Å². The lowest BCUT2D eigenvalue weighted by Gasteiger charge is -2.12. The Morgan fingerprint density at radius 2 is 2.30 bits per heavy atom. The van der Waals surface area contributed by atoms with Crippen LogP contribution in [0.4, 0.5) is 5.82 Å². The van der Waals surface area contributed by atoms with Crippen molar-refractivity contribution in [3.8, 4) is 0 Å². The van der Waals surface area contributed by atoms with Crippen molar-refractivity contribution in [3.05, 3.63) is 29.1 Å². The molecule has 0 bridgehead atoms. The van der Waals surface area contributed by atoms with E-state index in [-0.39, 0.29) is 11.2 Å². The molecule has 0 fully saturated rings. The fourth-order valence-corrected chi connectivity index (χ4v) is 2.43. The highest BCUT2D eigenvalue weighted by Crippen LogP contribution is 2.24. The molecule has 0 unspecified atom stereocenters. The van der Waals surface area contributed by atoms with Gasteiger partial charge in [-0.15, -0.1) is 10.2 Å². The van der Waals surface area contributed by atoms with Gasteiger partial charge >= 0.3 is 0 Å². The van der Waals surface area contributed by atoms with Crippen molar-refractivity contribution in [2.75, 3.05) is 5.32 Å². The minimum atomic E-state index is -0.289. The summed E-state index contributed by atoms with van der Waals surface area (Å²) >= 11 is 7.00. The number of hydrogen-bond acceptors (Lipinski definition) is 6. The van der Waals surface area contributed by atoms with E-state index in [0.29, 0.717) is 28.2 Å². The molecule has 0 radical (unpaired) electrons. The van der Waals surface area contributed by atoms with Crippen LogP contribution >= 0.6 is 23.4 Å². The fraction of sp³-hybridized carbons (Fsp3) is 0.333. The molecule has 6 nitrogen and oxygen atoms in total. The molecule has 106 valence electrons. The zero-order chi connectivity index (χ0) is 14.5. The quantitative estimate of drug-likeness (QED) is 0.855. The number of carbonyl (C=O) groups excluding carboxylic acids is 1. The fourth-order valence-electron chi connectivity index (χ4n) is 1.47. The Morgan fingerprint density at radius 1 is 1.50 bits per heavy atom. The summed E-state index contributed by atoms with van der Waals surface area (Å²) in [7, 11) is 0. The SMILES string of the molecule is CC[C@H](Sc1ccc(Cl)nn1)C(=O)Nc1cc(C)on1. The van der Waals surface area contributed by atoms with Crippen LogP contribution in [0.5, 0.6) is 0 Å². The van der Waals surface area contributed by atoms with E-state index in [1.54, 1.807) is 25.1 Å². The van der Waals surface area contributed by atoms with E-state index in [1.165, 1.54) is 11.8 Å². The minimum absolute atomic E-state index is 0.150. The van der Waals surface area contributed by atoms with Gasteiger partial charge in [-0.2, -0.15) is 0 Å². The van der Waals surface area contributed by atoms with Gasteiger partial charge in [-0.3, -0.25) is 4.79 Å². The summed E-state index contributed by atoms with van der Waals surface area (Å²) in [5, 5.41) is 14.8. The standard InChI is InChI=1S/C12H13ClN4O2S/c1-3-8(20-11-5-4-9(13)15-16-11)12(18)14-10-6-7(2)19-17-10/h4-6,8H,3H2,1-2H3,(H,14,17,18)/t8-/m0/s1. The van der Waals surface area contributed by atoms with Crippen molar-refractivity contribution >= 4 is 35.1 Å². The third-order valence-corrected chi connectivity index (χ3v) is 3.91. The van der Waals surface area contributed by atoms with E-state index < -0.39 is 0 Å². The van der Waals surface area contributed by atoms with E-state index in [1.807, 2.05) is 6.92 Å². The van der Waals surface area contributed by atoms with Crippen LogP contribution in [0.3, 0.4) is 0 Å². The first kappa shape index (κ1) is 14.8. The average molecular weight is 313 g/mol. The number of nitrogens with one attached hydrogen (secondary N) is 1. The second-order valence-electron chi connectivity index (χ2n) is 4.02. The molecule has 0 saturated heterocycles. The predicted octanol–water partition coefficient (Wildman–Crippen LogP) is 2.94. The van der Waals surface area contributed by atoms with Gasteiger partial charge < -0.3 is 9.84 Å². The molecule has 0 aliphatic heterocycles. The first-order chi connectivity index (χ1) is 9.58. The summed E-state index contributed by atoms with van der Waals surface area (Å²) in [6.45, 7) is 3.69. The lowest BCUT2D eigenvalue weighted by Crippen LogP contribution is -2.24. The van der Waals surface area contributed by atoms with Gasteiger partial charge in [0.15, 0.2) is 11.0 Å². The van der Waals surface area contributed by atoms with Crippen LogP contribution < -0.4 is 5.32 Å². The lowest BCUT2D eigenvalue weighted by molar-refractivity contribution is -0.115. The molecule has 8 heteroatoms. The Kier molecular flexibility index (Phi) is 4.97. The maximum atomic E-state index is 12.1. The van der Waals surface area contributed by atoms with Crippen molar-refractivity contribution in [3.63, 3.8) is 0 Å². The summed E-state index contributed by atoms with van der Waals surface area (Å²) in [6, 6.07) is 5.04. The molecular weight excluding hydrogens is 300 g/mol. The normalized spacial score (nSPS) is 12.2. The van der Waals surface area contributed by atoms with Crippen LogP contribution in [0.1, 0.15) is 19.1 Å². The van der Waals surface area contributed by atoms with Crippen LogP contribution in [0.2, 0.25) is 5.15 Å². The van der Waals surface area contributed by atoms with Gasteiger partial charge in [-0.05, 0) is 25.5 Å². The third kappa shape index (κ3) is 3.94. The summed E-state index contributed by atoms with van der Waals surface area (Å²) < 4.78 is 4.90. The van der Waals surface area contributed by atoms with E-state index in [0.717, 1.165) is 0 Å². The molecule has 0 aliphatic carbocycles. The molecule has 0 aliphatic rings. The van der Waals surface area contributed by atoms with Crippen molar-refractivity contribution in [1.82, 2.24) is 15.4 Å². The Bertz CT molecular complexity index is 587. The van der Waals surface area contributed by atoms with Crippen LogP contribution in [0.25, 0.3) is 0 Å². The van der Waals surface area contributed by atoms with Crippen LogP contribution in [-0.2, 0) is 4.79 Å². The molecule has 2 rings (SSSR count). The summed E-state index contributed by atoms with van der Waals surface area (Å²) in [4.78, 5) is 12.1. The second-order valence-corrected chi connectivity index (χ2v) is 5.63. The summed E-state index contributed by atoms with van der Waals surface area (Å²) in [6.07, 6.45) is 0.650. The molecular formula is C12H13ClN4O2S. The van der Waals surface area contributed by atoms with Gasteiger partial charge in [0.25, 0.3) is 0 Å². The number of rotatable bonds is 5. The molecule has 2 heterocycles. The maximum Gasteiger partial charge on any atom is 0.239 e. The van der Waals surface area contributed by atoms with Crippen LogP contribution in [-0.4, -0.2) is 26.5 Å². The van der Waals surface area contributed by atoms with Gasteiger partial charge in [-0.25, -0.2) is 0 Å². The summed E-state index contributed by atoms with van der Waals surface area (Å²) in [5.74, 6) is 0.904. The van der Waals surface area contributed by atoms with E-state index in [2.05, 4.69) is 20.7 Å². The molecule has 0 saturated carbocycles. The van der Waals surface area contributed by atoms with Crippen LogP contribution in [0.15, 0.2) is 27.7 Å². The molecule has 1 atom stereocenters. The van der Waals surface area contributed by atoms with Crippen LogP contribution in [0, 0.1) is 6.92 Å². The topological polar surface area (TPSA) is 80.9 Å². The van der Waals surface area contributed by atoms with E-state index >= 15 is 0 Å². The number of aryl methyl sites for hydroxylation is 1. The molecule has 1 amide bonds. The van der Waals surface area contributed by atoms with Crippen molar-refractivity contribution in [2.24, 2.45) is 0 Å². The van der Waals surface area contributed by atoms with E-state index in [9.17, 15) is 4.79 Å². The molecule has 2 aromatic heterocycles. The van der Waals surface area contributed by atoms with Crippen molar-refractivity contribution in [1.29, 1.82) is 0 Å². The number of carbonyl (C=O) groups is 1. The predicted molar refractivity (Wildman–Crippen MR) is 76.8 cm³/mol. The number of hydrogen-bond donors (Lipinski definition) is 1. The first-order valence-electron chi connectivity index (χ1n) is 5.98. The third-order valence-electron chi connectivity index (χ3n) is 2.41. The molecule has 1 N–H and O–H groups in total. The monoisotopic (exact) mass is 312 g/mol. The average Bonchev–Trinajstić information content (AvgIpc) is 2.83. The first-order valence-corrected chi connectivity index (χ1v) is 7.24. The molecule has 20 heavy (non-hydrogen) atoms. The highest BCUT2D eigenvalue weighted by atomic mass is 35.5. The Hall–Kier alpha value is -1.60. The van der Waals surface area contributed by atoms with Crippen molar-refractivity contribution in [2.45, 2.75) is 30.5 Å². The lowest BCUT2D eigenvalue weighted by atomic mass is 10.3. The van der Waals surface area contributed by atoms with E-state index in [4.69, 9.17) is 16.1 Å². The maximum absolute atomic E-state index is 12.1. The number of amides is 1. The number of thioether (sulfide) groups is 1.